The summed E-state index contributed by atoms with van der Waals surface area (Å²) in [6, 6.07) is 12.8. The summed E-state index contributed by atoms with van der Waals surface area (Å²) in [5, 5.41) is 13.1. The van der Waals surface area contributed by atoms with Crippen molar-refractivity contribution >= 4 is 34.6 Å². The summed E-state index contributed by atoms with van der Waals surface area (Å²) >= 11 is 0. The second-order valence-corrected chi connectivity index (χ2v) is 10.4. The maximum Gasteiger partial charge on any atom is 0.323 e. The van der Waals surface area contributed by atoms with Gasteiger partial charge < -0.3 is 26.6 Å². The fraction of sp³-hybridized carbons (Fsp3) is 0.286. The first kappa shape index (κ1) is 26.6. The molecule has 0 fully saturated rings. The molecule has 4 aromatic rings. The Balaban J connectivity index is 1.62. The first-order chi connectivity index (χ1) is 17.9. The molecule has 38 heavy (non-hydrogen) atoms. The number of aromatic nitrogens is 3. The summed E-state index contributed by atoms with van der Waals surface area (Å²) in [6.07, 6.45) is 3.01. The largest absolute Gasteiger partial charge is 0.382 e. The number of rotatable bonds is 7. The minimum Gasteiger partial charge on any atom is -0.382 e. The monoisotopic (exact) mass is 514 g/mol. The predicted octanol–water partition coefficient (Wildman–Crippen LogP) is 4.31. The van der Waals surface area contributed by atoms with E-state index in [0.29, 0.717) is 28.9 Å². The van der Waals surface area contributed by atoms with Gasteiger partial charge in [0.25, 0.3) is 5.91 Å². The summed E-state index contributed by atoms with van der Waals surface area (Å²) in [6.45, 7) is 8.52. The molecule has 0 radical (unpaired) electrons. The molecule has 0 aliphatic heterocycles. The van der Waals surface area contributed by atoms with E-state index in [1.54, 1.807) is 22.8 Å². The molecule has 0 saturated heterocycles. The van der Waals surface area contributed by atoms with Crippen LogP contribution in [0.1, 0.15) is 35.3 Å². The van der Waals surface area contributed by atoms with Crippen LogP contribution in [-0.2, 0) is 0 Å². The minimum absolute atomic E-state index is 0.244. The number of nitrogens with two attached hydrogens (primary N) is 1. The molecular formula is C28H34N8O2. The second kappa shape index (κ2) is 10.5. The van der Waals surface area contributed by atoms with Crippen LogP contribution in [0.25, 0.3) is 16.6 Å². The Bertz CT molecular complexity index is 1490. The van der Waals surface area contributed by atoms with Gasteiger partial charge in [0.2, 0.25) is 0 Å². The molecule has 2 aromatic carbocycles. The van der Waals surface area contributed by atoms with E-state index in [1.165, 1.54) is 6.33 Å². The zero-order valence-electron chi connectivity index (χ0n) is 22.6. The number of nitrogens with one attached hydrogen (secondary N) is 3. The lowest BCUT2D eigenvalue weighted by atomic mass is 9.99. The van der Waals surface area contributed by atoms with Gasteiger partial charge in [-0.3, -0.25) is 4.79 Å². The van der Waals surface area contributed by atoms with Crippen molar-refractivity contribution in [2.24, 2.45) is 0 Å². The van der Waals surface area contributed by atoms with Gasteiger partial charge in [0.05, 0.1) is 5.56 Å². The van der Waals surface area contributed by atoms with Crippen molar-refractivity contribution in [2.45, 2.75) is 33.2 Å². The SMILES string of the molecule is Cc1ccc(C)c(NC(=O)Nc2ccc(-c3c(C(=O)NC(C)(C)CN(C)C)cn4ncnc(N)c34)cc2)c1. The first-order valence-corrected chi connectivity index (χ1v) is 12.3. The number of likely N-dealkylation sites (N-methyl/N-ethyl adjacent to an activating group) is 1. The summed E-state index contributed by atoms with van der Waals surface area (Å²) in [5.41, 5.74) is 11.5. The Labute approximate surface area is 222 Å². The number of aryl methyl sites for hydroxylation is 2. The Morgan fingerprint density at radius 3 is 2.45 bits per heavy atom. The number of amides is 3. The van der Waals surface area contributed by atoms with Crippen LogP contribution < -0.4 is 21.7 Å². The van der Waals surface area contributed by atoms with E-state index in [1.807, 2.05) is 77.0 Å². The van der Waals surface area contributed by atoms with Crippen molar-refractivity contribution in [3.05, 3.63) is 71.7 Å². The van der Waals surface area contributed by atoms with Crippen LogP contribution in [0.2, 0.25) is 0 Å². The highest BCUT2D eigenvalue weighted by Gasteiger charge is 2.27. The van der Waals surface area contributed by atoms with Crippen molar-refractivity contribution in [3.8, 4) is 11.1 Å². The molecule has 0 unspecified atom stereocenters. The summed E-state index contributed by atoms with van der Waals surface area (Å²) in [7, 11) is 3.92. The lowest BCUT2D eigenvalue weighted by molar-refractivity contribution is 0.0900. The van der Waals surface area contributed by atoms with E-state index < -0.39 is 5.54 Å². The van der Waals surface area contributed by atoms with Crippen LogP contribution in [0, 0.1) is 13.8 Å². The van der Waals surface area contributed by atoms with E-state index in [4.69, 9.17) is 5.73 Å². The molecule has 4 rings (SSSR count). The highest BCUT2D eigenvalue weighted by Crippen LogP contribution is 2.33. The number of anilines is 3. The topological polar surface area (TPSA) is 130 Å². The van der Waals surface area contributed by atoms with Crippen molar-refractivity contribution in [1.82, 2.24) is 24.8 Å². The fourth-order valence-corrected chi connectivity index (χ4v) is 4.58. The molecule has 0 bridgehead atoms. The van der Waals surface area contributed by atoms with Gasteiger partial charge in [-0.2, -0.15) is 5.10 Å². The average Bonchev–Trinajstić information content (AvgIpc) is 3.22. The average molecular weight is 515 g/mol. The number of fused-ring (bicyclic) bond motifs is 1. The number of carbonyl (C=O) groups excluding carboxylic acids is 2. The number of urea groups is 1. The van der Waals surface area contributed by atoms with Crippen molar-refractivity contribution in [2.75, 3.05) is 37.0 Å². The number of nitrogen functional groups attached to an aromatic ring is 1. The van der Waals surface area contributed by atoms with Gasteiger partial charge >= 0.3 is 6.03 Å². The lowest BCUT2D eigenvalue weighted by Gasteiger charge is -2.29. The Kier molecular flexibility index (Phi) is 7.36. The number of carbonyl (C=O) groups is 2. The number of benzene rings is 2. The van der Waals surface area contributed by atoms with E-state index in [9.17, 15) is 9.59 Å². The van der Waals surface area contributed by atoms with E-state index in [2.05, 4.69) is 26.0 Å². The molecule has 5 N–H and O–H groups in total. The highest BCUT2D eigenvalue weighted by molar-refractivity contribution is 6.07. The molecule has 0 aliphatic rings. The highest BCUT2D eigenvalue weighted by atomic mass is 16.2. The minimum atomic E-state index is -0.472. The molecular weight excluding hydrogens is 480 g/mol. The van der Waals surface area contributed by atoms with E-state index >= 15 is 0 Å². The third-order valence-electron chi connectivity index (χ3n) is 6.08. The number of hydrogen-bond acceptors (Lipinski definition) is 6. The number of nitrogens with zero attached hydrogens (tertiary/aromatic N) is 4. The summed E-state index contributed by atoms with van der Waals surface area (Å²) < 4.78 is 1.56. The maximum absolute atomic E-state index is 13.5. The van der Waals surface area contributed by atoms with Gasteiger partial charge in [0, 0.05) is 35.2 Å². The molecule has 198 valence electrons. The lowest BCUT2D eigenvalue weighted by Crippen LogP contribution is -2.50. The van der Waals surface area contributed by atoms with Crippen LogP contribution >= 0.6 is 0 Å². The molecule has 2 heterocycles. The van der Waals surface area contributed by atoms with Gasteiger partial charge in [-0.15, -0.1) is 0 Å². The van der Waals surface area contributed by atoms with Gasteiger partial charge in [0.15, 0.2) is 5.82 Å². The Morgan fingerprint density at radius 1 is 1.05 bits per heavy atom. The van der Waals surface area contributed by atoms with Gasteiger partial charge in [-0.05, 0) is 76.7 Å². The standard InChI is InChI=1S/C28H34N8O2/c1-17-7-8-18(2)22(13-17)33-27(38)32-20-11-9-19(10-12-20)23-21(14-36-24(23)25(29)30-16-31-36)26(37)34-28(3,4)15-35(5)6/h7-14,16H,15H2,1-6H3,(H,34,37)(H2,29,30,31)(H2,32,33,38). The van der Waals surface area contributed by atoms with Crippen LogP contribution in [-0.4, -0.2) is 57.6 Å². The van der Waals surface area contributed by atoms with E-state index in [0.717, 1.165) is 22.4 Å². The molecule has 0 saturated carbocycles. The zero-order chi connectivity index (χ0) is 27.6. The first-order valence-electron chi connectivity index (χ1n) is 12.3. The molecule has 10 nitrogen and oxygen atoms in total. The summed E-state index contributed by atoms with van der Waals surface area (Å²) in [4.78, 5) is 32.2. The van der Waals surface area contributed by atoms with Crippen molar-refractivity contribution in [3.63, 3.8) is 0 Å². The van der Waals surface area contributed by atoms with Crippen molar-refractivity contribution < 1.29 is 9.59 Å². The third-order valence-corrected chi connectivity index (χ3v) is 6.08. The Hall–Kier alpha value is -4.44. The molecule has 0 spiro atoms. The quantitative estimate of drug-likeness (QED) is 0.291. The van der Waals surface area contributed by atoms with Crippen LogP contribution in [0.15, 0.2) is 55.0 Å². The smallest absolute Gasteiger partial charge is 0.323 e. The molecule has 2 aromatic heterocycles. The predicted molar refractivity (Wildman–Crippen MR) is 151 cm³/mol. The third kappa shape index (κ3) is 5.92. The molecule has 0 atom stereocenters. The molecule has 3 amide bonds. The summed E-state index contributed by atoms with van der Waals surface area (Å²) in [5.74, 6) is 0.0172. The normalized spacial score (nSPS) is 11.6. The zero-order valence-corrected chi connectivity index (χ0v) is 22.6. The second-order valence-electron chi connectivity index (χ2n) is 10.4. The van der Waals surface area contributed by atoms with Crippen molar-refractivity contribution in [1.29, 1.82) is 0 Å². The molecule has 10 heteroatoms. The number of hydrogen-bond donors (Lipinski definition) is 4. The Morgan fingerprint density at radius 2 is 1.76 bits per heavy atom. The molecule has 0 aliphatic carbocycles. The van der Waals surface area contributed by atoms with Crippen LogP contribution in [0.3, 0.4) is 0 Å². The van der Waals surface area contributed by atoms with E-state index in [-0.39, 0.29) is 17.8 Å². The van der Waals surface area contributed by atoms with Gasteiger partial charge in [0.1, 0.15) is 11.8 Å². The van der Waals surface area contributed by atoms with Gasteiger partial charge in [-0.1, -0.05) is 24.3 Å². The maximum atomic E-state index is 13.5. The van der Waals surface area contributed by atoms with Gasteiger partial charge in [-0.25, -0.2) is 14.3 Å². The van der Waals surface area contributed by atoms with Crippen LogP contribution in [0.5, 0.6) is 0 Å². The van der Waals surface area contributed by atoms with Crippen LogP contribution in [0.4, 0.5) is 22.0 Å². The fourth-order valence-electron chi connectivity index (χ4n) is 4.58.